The third-order valence-electron chi connectivity index (χ3n) is 5.46. The van der Waals surface area contributed by atoms with Crippen molar-refractivity contribution in [1.82, 2.24) is 4.98 Å². The van der Waals surface area contributed by atoms with E-state index in [0.29, 0.717) is 33.3 Å². The van der Waals surface area contributed by atoms with Crippen LogP contribution in [0.2, 0.25) is 5.02 Å². The minimum atomic E-state index is -1.03. The van der Waals surface area contributed by atoms with Crippen molar-refractivity contribution in [2.75, 3.05) is 21.9 Å². The number of hydrogen-bond acceptors (Lipinski definition) is 4. The molecule has 0 saturated carbocycles. The van der Waals surface area contributed by atoms with E-state index in [1.807, 2.05) is 36.4 Å². The van der Waals surface area contributed by atoms with Crippen LogP contribution in [0.5, 0.6) is 0 Å². The molecule has 0 spiro atoms. The molecule has 1 atom stereocenters. The summed E-state index contributed by atoms with van der Waals surface area (Å²) in [6.45, 7) is 7.64. The first-order valence-corrected chi connectivity index (χ1v) is 14.3. The zero-order valence-corrected chi connectivity index (χ0v) is 24.3. The van der Waals surface area contributed by atoms with Crippen molar-refractivity contribution in [2.45, 2.75) is 33.1 Å². The van der Waals surface area contributed by atoms with Gasteiger partial charge in [0, 0.05) is 52.1 Å². The van der Waals surface area contributed by atoms with Gasteiger partial charge in [-0.1, -0.05) is 42.3 Å². The topological polar surface area (TPSA) is 88.3 Å². The highest BCUT2D eigenvalue weighted by molar-refractivity contribution is 7.86. The second kappa shape index (κ2) is 16.7. The van der Waals surface area contributed by atoms with Crippen molar-refractivity contribution >= 4 is 51.5 Å². The highest BCUT2D eigenvalue weighted by Gasteiger charge is 2.17. The van der Waals surface area contributed by atoms with Crippen LogP contribution in [0.1, 0.15) is 43.5 Å². The second-order valence-electron chi connectivity index (χ2n) is 8.35. The molecular formula is C29H33Cl2FN4O2S. The van der Waals surface area contributed by atoms with Crippen molar-refractivity contribution in [3.05, 3.63) is 101 Å². The van der Waals surface area contributed by atoms with E-state index >= 15 is 0 Å². The summed E-state index contributed by atoms with van der Waals surface area (Å²) < 4.78 is 27.8. The summed E-state index contributed by atoms with van der Waals surface area (Å²) in [4.78, 5) is 16.9. The summed E-state index contributed by atoms with van der Waals surface area (Å²) in [5.41, 5.74) is 7.37. The third-order valence-corrected chi connectivity index (χ3v) is 7.53. The highest BCUT2D eigenvalue weighted by Crippen LogP contribution is 2.30. The first-order chi connectivity index (χ1) is 18.7. The Bertz CT molecular complexity index is 1300. The number of halogens is 3. The molecule has 4 rings (SSSR count). The average Bonchev–Trinajstić information content (AvgIpc) is 3.14. The molecule has 1 fully saturated rings. The summed E-state index contributed by atoms with van der Waals surface area (Å²) in [7, 11) is -1.03. The Morgan fingerprint density at radius 3 is 2.44 bits per heavy atom. The number of pyridine rings is 1. The standard InChI is InChI=1S/C23H21ClFN3O2S.C4H7Cl.C2H5N/c24-21-9-6-18(15-20(21)22-14-17(25)10-11-26-22)27-23(29)16-4-7-19(8-5-16)28-12-2-1-3-13-31(28)30;1-3-4(2)5;1-2-3/h4-11,14-15H,1-3,12-13H2,(H,27,29);3H,1-2H3;2H,1,3H2/b;4-3+;. The molecule has 39 heavy (non-hydrogen) atoms. The molecule has 1 aliphatic heterocycles. The lowest BCUT2D eigenvalue weighted by Crippen LogP contribution is -2.26. The van der Waals surface area contributed by atoms with Gasteiger partial charge < -0.3 is 11.1 Å². The number of carbonyl (C=O) groups is 1. The molecule has 0 aliphatic carbocycles. The quantitative estimate of drug-likeness (QED) is 0.326. The number of aromatic nitrogens is 1. The monoisotopic (exact) mass is 590 g/mol. The SMILES string of the molecule is C/C=C(\C)Cl.C=CN.O=C(Nc1ccc(Cl)c(-c2cc(F)ccn2)c1)c1ccc(N2CCCCCS2=O)cc1. The molecule has 1 unspecified atom stereocenters. The second-order valence-corrected chi connectivity index (χ2v) is 10.8. The number of amides is 1. The highest BCUT2D eigenvalue weighted by atomic mass is 35.5. The van der Waals surface area contributed by atoms with Crippen LogP contribution in [-0.4, -0.2) is 27.4 Å². The maximum absolute atomic E-state index is 13.6. The predicted octanol–water partition coefficient (Wildman–Crippen LogP) is 7.68. The van der Waals surface area contributed by atoms with Crippen LogP contribution >= 0.6 is 23.2 Å². The van der Waals surface area contributed by atoms with Gasteiger partial charge in [0.05, 0.1) is 10.7 Å². The minimum Gasteiger partial charge on any atom is -0.405 e. The molecule has 2 heterocycles. The van der Waals surface area contributed by atoms with E-state index in [-0.39, 0.29) is 5.91 Å². The number of carbonyl (C=O) groups excluding carboxylic acids is 1. The molecule has 208 valence electrons. The van der Waals surface area contributed by atoms with Gasteiger partial charge in [-0.25, -0.2) is 8.60 Å². The van der Waals surface area contributed by atoms with Crippen LogP contribution in [0.4, 0.5) is 15.8 Å². The van der Waals surface area contributed by atoms with Gasteiger partial charge in [0.1, 0.15) is 16.8 Å². The Morgan fingerprint density at radius 2 is 1.82 bits per heavy atom. The summed E-state index contributed by atoms with van der Waals surface area (Å²) in [6.07, 6.45) is 7.52. The Morgan fingerprint density at radius 1 is 1.15 bits per heavy atom. The fourth-order valence-corrected chi connectivity index (χ4v) is 5.03. The molecule has 2 aromatic carbocycles. The largest absolute Gasteiger partial charge is 0.405 e. The van der Waals surface area contributed by atoms with Crippen LogP contribution < -0.4 is 15.4 Å². The van der Waals surface area contributed by atoms with Gasteiger partial charge in [-0.2, -0.15) is 0 Å². The van der Waals surface area contributed by atoms with E-state index in [0.717, 1.165) is 36.5 Å². The molecule has 1 aromatic heterocycles. The van der Waals surface area contributed by atoms with Crippen LogP contribution in [0.3, 0.4) is 0 Å². The lowest BCUT2D eigenvalue weighted by Gasteiger charge is -2.21. The smallest absolute Gasteiger partial charge is 0.255 e. The fourth-order valence-electron chi connectivity index (χ4n) is 3.45. The normalized spacial score (nSPS) is 15.1. The van der Waals surface area contributed by atoms with Crippen LogP contribution in [-0.2, 0) is 11.0 Å². The average molecular weight is 592 g/mol. The first kappa shape index (κ1) is 32.0. The molecule has 3 N–H and O–H groups in total. The van der Waals surface area contributed by atoms with Crippen molar-refractivity contribution in [1.29, 1.82) is 0 Å². The van der Waals surface area contributed by atoms with Crippen molar-refractivity contribution in [3.8, 4) is 11.3 Å². The maximum Gasteiger partial charge on any atom is 0.255 e. The molecule has 10 heteroatoms. The van der Waals surface area contributed by atoms with E-state index in [4.69, 9.17) is 23.2 Å². The van der Waals surface area contributed by atoms with Gasteiger partial charge in [-0.05, 0) is 81.4 Å². The Balaban J connectivity index is 0.000000590. The first-order valence-electron chi connectivity index (χ1n) is 12.3. The molecular weight excluding hydrogens is 558 g/mol. The third kappa shape index (κ3) is 10.5. The Hall–Kier alpha value is -3.20. The number of nitrogens with one attached hydrogen (secondary N) is 1. The predicted molar refractivity (Wildman–Crippen MR) is 163 cm³/mol. The van der Waals surface area contributed by atoms with E-state index < -0.39 is 16.8 Å². The van der Waals surface area contributed by atoms with E-state index in [1.165, 1.54) is 24.5 Å². The lowest BCUT2D eigenvalue weighted by atomic mass is 10.1. The number of allylic oxidation sites excluding steroid dienone is 2. The van der Waals surface area contributed by atoms with Crippen LogP contribution in [0, 0.1) is 5.82 Å². The van der Waals surface area contributed by atoms with Crippen LogP contribution in [0.15, 0.2) is 84.7 Å². The van der Waals surface area contributed by atoms with Gasteiger partial charge in [-0.3, -0.25) is 14.1 Å². The Kier molecular flexibility index (Phi) is 13.7. The Labute approximate surface area is 242 Å². The summed E-state index contributed by atoms with van der Waals surface area (Å²) in [6, 6.07) is 14.6. The van der Waals surface area contributed by atoms with Gasteiger partial charge >= 0.3 is 0 Å². The van der Waals surface area contributed by atoms with E-state index in [9.17, 15) is 13.4 Å². The molecule has 0 radical (unpaired) electrons. The molecule has 3 aromatic rings. The van der Waals surface area contributed by atoms with Gasteiger partial charge in [-0.15, -0.1) is 0 Å². The molecule has 1 amide bonds. The molecule has 0 bridgehead atoms. The minimum absolute atomic E-state index is 0.288. The van der Waals surface area contributed by atoms with Gasteiger partial charge in [0.15, 0.2) is 0 Å². The number of rotatable bonds is 4. The van der Waals surface area contributed by atoms with Crippen molar-refractivity contribution in [2.24, 2.45) is 5.73 Å². The number of hydrogen-bond donors (Lipinski definition) is 2. The molecule has 1 saturated heterocycles. The number of nitrogens with zero attached hydrogens (tertiary/aromatic N) is 2. The molecule has 1 aliphatic rings. The maximum atomic E-state index is 13.6. The van der Waals surface area contributed by atoms with E-state index in [1.54, 1.807) is 30.3 Å². The number of benzene rings is 2. The van der Waals surface area contributed by atoms with Crippen molar-refractivity contribution < 1.29 is 13.4 Å². The summed E-state index contributed by atoms with van der Waals surface area (Å²) in [5.74, 6) is -0.0358. The zero-order valence-electron chi connectivity index (χ0n) is 22.0. The fraction of sp³-hybridized carbons (Fsp3) is 0.241. The summed E-state index contributed by atoms with van der Waals surface area (Å²) in [5, 5.41) is 4.10. The summed E-state index contributed by atoms with van der Waals surface area (Å²) >= 11 is 11.6. The zero-order chi connectivity index (χ0) is 28.8. The number of anilines is 2. The van der Waals surface area contributed by atoms with Crippen molar-refractivity contribution in [3.63, 3.8) is 0 Å². The van der Waals surface area contributed by atoms with E-state index in [2.05, 4.69) is 22.6 Å². The van der Waals surface area contributed by atoms with Crippen LogP contribution in [0.25, 0.3) is 11.3 Å². The van der Waals surface area contributed by atoms with Gasteiger partial charge in [0.2, 0.25) is 0 Å². The van der Waals surface area contributed by atoms with Gasteiger partial charge in [0.25, 0.3) is 5.91 Å². The number of nitrogens with two attached hydrogens (primary N) is 1. The lowest BCUT2D eigenvalue weighted by molar-refractivity contribution is 0.102. The molecule has 6 nitrogen and oxygen atoms in total.